The van der Waals surface area contributed by atoms with Crippen molar-refractivity contribution < 1.29 is 8.42 Å². The summed E-state index contributed by atoms with van der Waals surface area (Å²) in [5.41, 5.74) is 0. The number of likely N-dealkylation sites (N-methyl/N-ethyl adjacent to an activating group) is 2. The van der Waals surface area contributed by atoms with Crippen LogP contribution in [-0.4, -0.2) is 62.4 Å². The Hall–Kier alpha value is -0.960. The zero-order valence-corrected chi connectivity index (χ0v) is 13.6. The second-order valence-electron chi connectivity index (χ2n) is 5.30. The van der Waals surface area contributed by atoms with Crippen LogP contribution in [0.3, 0.4) is 0 Å². The maximum Gasteiger partial charge on any atom is 0.243 e. The first kappa shape index (κ1) is 16.4. The zero-order chi connectivity index (χ0) is 15.3. The van der Waals surface area contributed by atoms with E-state index in [0.717, 1.165) is 19.6 Å². The highest BCUT2D eigenvalue weighted by Gasteiger charge is 2.27. The fraction of sp³-hybridized carbons (Fsp3) is 0.769. The smallest absolute Gasteiger partial charge is 0.243 e. The summed E-state index contributed by atoms with van der Waals surface area (Å²) in [5, 5.41) is 7.07. The lowest BCUT2D eigenvalue weighted by Gasteiger charge is -2.19. The lowest BCUT2D eigenvalue weighted by Crippen LogP contribution is -2.36. The van der Waals surface area contributed by atoms with Crippen molar-refractivity contribution in [1.82, 2.24) is 24.7 Å². The molecule has 1 aliphatic carbocycles. The predicted molar refractivity (Wildman–Crippen MR) is 81.6 cm³/mol. The molecule has 21 heavy (non-hydrogen) atoms. The maximum atomic E-state index is 12.2. The van der Waals surface area contributed by atoms with Crippen LogP contribution in [0.1, 0.15) is 19.8 Å². The lowest BCUT2D eigenvalue weighted by atomic mass is 10.4. The van der Waals surface area contributed by atoms with Gasteiger partial charge >= 0.3 is 0 Å². The van der Waals surface area contributed by atoms with E-state index in [0.29, 0.717) is 19.1 Å². The van der Waals surface area contributed by atoms with E-state index in [1.165, 1.54) is 19.0 Å². The number of sulfonamides is 1. The number of hydrogen-bond acceptors (Lipinski definition) is 5. The number of aromatic nitrogens is 2. The summed E-state index contributed by atoms with van der Waals surface area (Å²) in [4.78, 5) is 2.55. The molecule has 2 rings (SSSR count). The molecule has 0 atom stereocenters. The standard InChI is InChI=1S/C13H25N5O2S/c1-3-17(12-4-5-12)8-7-16-21(19,20)13-10-15-18(11-13)9-6-14-2/h10-12,14,16H,3-9H2,1-2H3. The van der Waals surface area contributed by atoms with E-state index in [1.807, 2.05) is 7.05 Å². The van der Waals surface area contributed by atoms with Crippen molar-refractivity contribution >= 4 is 10.0 Å². The molecular formula is C13H25N5O2S. The molecule has 0 spiro atoms. The van der Waals surface area contributed by atoms with Gasteiger partial charge in [0.2, 0.25) is 10.0 Å². The highest BCUT2D eigenvalue weighted by Crippen LogP contribution is 2.25. The topological polar surface area (TPSA) is 79.3 Å². The van der Waals surface area contributed by atoms with E-state index >= 15 is 0 Å². The average molecular weight is 315 g/mol. The van der Waals surface area contributed by atoms with E-state index in [-0.39, 0.29) is 4.90 Å². The Morgan fingerprint density at radius 3 is 2.81 bits per heavy atom. The summed E-state index contributed by atoms with van der Waals surface area (Å²) in [7, 11) is -1.60. The van der Waals surface area contributed by atoms with Crippen LogP contribution in [0, 0.1) is 0 Å². The van der Waals surface area contributed by atoms with E-state index < -0.39 is 10.0 Å². The van der Waals surface area contributed by atoms with Gasteiger partial charge in [-0.3, -0.25) is 9.58 Å². The molecule has 120 valence electrons. The molecule has 1 aromatic heterocycles. The van der Waals surface area contributed by atoms with Gasteiger partial charge in [-0.2, -0.15) is 5.10 Å². The first-order valence-electron chi connectivity index (χ1n) is 7.47. The van der Waals surface area contributed by atoms with Crippen LogP contribution in [0.5, 0.6) is 0 Å². The van der Waals surface area contributed by atoms with Gasteiger partial charge in [0.1, 0.15) is 4.90 Å². The van der Waals surface area contributed by atoms with Gasteiger partial charge < -0.3 is 5.32 Å². The zero-order valence-electron chi connectivity index (χ0n) is 12.7. The lowest BCUT2D eigenvalue weighted by molar-refractivity contribution is 0.282. The summed E-state index contributed by atoms with van der Waals surface area (Å²) in [5.74, 6) is 0. The molecule has 0 bridgehead atoms. The van der Waals surface area contributed by atoms with E-state index in [2.05, 4.69) is 27.0 Å². The molecule has 0 unspecified atom stereocenters. The first-order chi connectivity index (χ1) is 10.1. The molecule has 1 saturated carbocycles. The number of hydrogen-bond donors (Lipinski definition) is 2. The molecule has 1 heterocycles. The molecule has 1 fully saturated rings. The van der Waals surface area contributed by atoms with Crippen LogP contribution in [0.2, 0.25) is 0 Å². The van der Waals surface area contributed by atoms with Crippen LogP contribution in [0.15, 0.2) is 17.3 Å². The van der Waals surface area contributed by atoms with Crippen molar-refractivity contribution in [3.63, 3.8) is 0 Å². The SMILES string of the molecule is CCN(CCNS(=O)(=O)c1cnn(CCNC)c1)C1CC1. The number of nitrogens with one attached hydrogen (secondary N) is 2. The van der Waals surface area contributed by atoms with Crippen molar-refractivity contribution in [2.45, 2.75) is 37.2 Å². The van der Waals surface area contributed by atoms with Gasteiger partial charge in [0.25, 0.3) is 0 Å². The van der Waals surface area contributed by atoms with Gasteiger partial charge in [-0.05, 0) is 26.4 Å². The Labute approximate surface area is 126 Å². The molecule has 7 nitrogen and oxygen atoms in total. The Balaban J connectivity index is 1.84. The van der Waals surface area contributed by atoms with Gasteiger partial charge in [-0.15, -0.1) is 0 Å². The molecule has 8 heteroatoms. The molecule has 1 aliphatic rings. The van der Waals surface area contributed by atoms with Crippen molar-refractivity contribution in [2.75, 3.05) is 33.2 Å². The fourth-order valence-corrected chi connectivity index (χ4v) is 3.25. The van der Waals surface area contributed by atoms with Crippen molar-refractivity contribution in [3.8, 4) is 0 Å². The minimum atomic E-state index is -3.45. The van der Waals surface area contributed by atoms with E-state index in [1.54, 1.807) is 10.9 Å². The number of rotatable bonds is 10. The number of nitrogens with zero attached hydrogens (tertiary/aromatic N) is 3. The van der Waals surface area contributed by atoms with Gasteiger partial charge in [0, 0.05) is 31.9 Å². The van der Waals surface area contributed by atoms with Crippen molar-refractivity contribution in [1.29, 1.82) is 0 Å². The quantitative estimate of drug-likeness (QED) is 0.628. The van der Waals surface area contributed by atoms with Gasteiger partial charge in [0.05, 0.1) is 12.7 Å². The molecule has 0 radical (unpaired) electrons. The van der Waals surface area contributed by atoms with E-state index in [4.69, 9.17) is 0 Å². The highest BCUT2D eigenvalue weighted by atomic mass is 32.2. The van der Waals surface area contributed by atoms with Crippen LogP contribution in [0.4, 0.5) is 0 Å². The Morgan fingerprint density at radius 1 is 1.43 bits per heavy atom. The predicted octanol–water partition coefficient (Wildman–Crippen LogP) is -0.135. The molecule has 0 aromatic carbocycles. The van der Waals surface area contributed by atoms with Gasteiger partial charge in [0.15, 0.2) is 0 Å². The minimum Gasteiger partial charge on any atom is -0.318 e. The third-order valence-electron chi connectivity index (χ3n) is 3.67. The summed E-state index contributed by atoms with van der Waals surface area (Å²) < 4.78 is 28.6. The Bertz CT molecular complexity index is 539. The molecular weight excluding hydrogens is 290 g/mol. The molecule has 0 amide bonds. The third kappa shape index (κ3) is 4.77. The van der Waals surface area contributed by atoms with Crippen molar-refractivity contribution in [3.05, 3.63) is 12.4 Å². The monoisotopic (exact) mass is 315 g/mol. The summed E-state index contributed by atoms with van der Waals surface area (Å²) in [6, 6.07) is 0.656. The second kappa shape index (κ2) is 7.35. The molecule has 0 aliphatic heterocycles. The molecule has 0 saturated heterocycles. The van der Waals surface area contributed by atoms with Crippen LogP contribution >= 0.6 is 0 Å². The van der Waals surface area contributed by atoms with Gasteiger partial charge in [-0.25, -0.2) is 13.1 Å². The highest BCUT2D eigenvalue weighted by molar-refractivity contribution is 7.89. The second-order valence-corrected chi connectivity index (χ2v) is 7.07. The normalized spacial score (nSPS) is 15.8. The summed E-state index contributed by atoms with van der Waals surface area (Å²) in [6.45, 7) is 5.67. The van der Waals surface area contributed by atoms with Crippen LogP contribution in [0.25, 0.3) is 0 Å². The largest absolute Gasteiger partial charge is 0.318 e. The van der Waals surface area contributed by atoms with Crippen molar-refractivity contribution in [2.24, 2.45) is 0 Å². The van der Waals surface area contributed by atoms with E-state index in [9.17, 15) is 8.42 Å². The Kier molecular flexibility index (Phi) is 5.74. The summed E-state index contributed by atoms with van der Waals surface area (Å²) in [6.07, 6.45) is 5.44. The third-order valence-corrected chi connectivity index (χ3v) is 5.09. The fourth-order valence-electron chi connectivity index (χ4n) is 2.28. The first-order valence-corrected chi connectivity index (χ1v) is 8.96. The van der Waals surface area contributed by atoms with Crippen LogP contribution in [-0.2, 0) is 16.6 Å². The van der Waals surface area contributed by atoms with Crippen LogP contribution < -0.4 is 10.0 Å². The minimum absolute atomic E-state index is 0.230. The summed E-state index contributed by atoms with van der Waals surface area (Å²) >= 11 is 0. The average Bonchev–Trinajstić information content (AvgIpc) is 3.18. The molecule has 1 aromatic rings. The molecule has 2 N–H and O–H groups in total. The Morgan fingerprint density at radius 2 is 2.19 bits per heavy atom. The van der Waals surface area contributed by atoms with Gasteiger partial charge in [-0.1, -0.05) is 6.92 Å². The maximum absolute atomic E-state index is 12.2.